The first-order chi connectivity index (χ1) is 23.8. The fourth-order valence-corrected chi connectivity index (χ4v) is 5.50. The Morgan fingerprint density at radius 3 is 1.90 bits per heavy atom. The molecule has 3 N–H and O–H groups in total. The Balaban J connectivity index is 1.80. The maximum atomic E-state index is 13.8. The third-order valence-electron chi connectivity index (χ3n) is 8.36. The predicted molar refractivity (Wildman–Crippen MR) is 200 cm³/mol. The summed E-state index contributed by atoms with van der Waals surface area (Å²) in [6, 6.07) is 14.5. The maximum Gasteiger partial charge on any atom is 0.270 e. The van der Waals surface area contributed by atoms with E-state index >= 15 is 0 Å². The van der Waals surface area contributed by atoms with Crippen LogP contribution in [0.5, 0.6) is 11.5 Å². The predicted octanol–water partition coefficient (Wildman–Crippen LogP) is 7.14. The van der Waals surface area contributed by atoms with Crippen molar-refractivity contribution in [3.8, 4) is 11.5 Å². The third kappa shape index (κ3) is 18.0. The molecule has 274 valence electrons. The van der Waals surface area contributed by atoms with Gasteiger partial charge in [0.15, 0.2) is 6.17 Å². The van der Waals surface area contributed by atoms with E-state index < -0.39 is 6.17 Å². The summed E-state index contributed by atoms with van der Waals surface area (Å²) in [5.41, 5.74) is 1.37. The number of benzene rings is 2. The molecule has 0 aliphatic rings. The molecule has 0 aliphatic heterocycles. The Hall–Kier alpha value is -3.79. The quantitative estimate of drug-likeness (QED) is 0.0679. The van der Waals surface area contributed by atoms with E-state index in [1.807, 2.05) is 62.3 Å². The number of carbonyl (C=O) groups is 3. The molecule has 0 saturated carbocycles. The average Bonchev–Trinajstić information content (AvgIpc) is 3.09. The highest BCUT2D eigenvalue weighted by atomic mass is 16.5. The number of unbranched alkanes of at least 4 members (excludes halogenated alkanes) is 9. The number of methoxy groups -OCH3 is 1. The van der Waals surface area contributed by atoms with Gasteiger partial charge in [0.1, 0.15) is 11.5 Å². The molecule has 0 spiro atoms. The highest BCUT2D eigenvalue weighted by Crippen LogP contribution is 2.22. The summed E-state index contributed by atoms with van der Waals surface area (Å²) in [7, 11) is 5.52. The van der Waals surface area contributed by atoms with Crippen molar-refractivity contribution in [3.63, 3.8) is 0 Å². The molecule has 0 fully saturated rings. The number of rotatable bonds is 27. The molecule has 0 radical (unpaired) electrons. The Kier molecular flexibility index (Phi) is 21.3. The first-order valence-corrected chi connectivity index (χ1v) is 18.4. The number of nitrogens with one attached hydrogen (secondary N) is 3. The van der Waals surface area contributed by atoms with Gasteiger partial charge in [-0.2, -0.15) is 0 Å². The van der Waals surface area contributed by atoms with E-state index in [0.29, 0.717) is 61.7 Å². The molecule has 0 aliphatic carbocycles. The van der Waals surface area contributed by atoms with Crippen molar-refractivity contribution in [1.29, 1.82) is 0 Å². The Labute approximate surface area is 295 Å². The van der Waals surface area contributed by atoms with Gasteiger partial charge in [-0.05, 0) is 95.4 Å². The molecule has 0 heterocycles. The van der Waals surface area contributed by atoms with Crippen molar-refractivity contribution in [2.45, 2.75) is 110 Å². The van der Waals surface area contributed by atoms with Crippen LogP contribution in [0.3, 0.4) is 0 Å². The molecule has 2 rings (SSSR count). The fraction of sp³-hybridized carbons (Fsp3) is 0.615. The van der Waals surface area contributed by atoms with E-state index in [9.17, 15) is 14.4 Å². The minimum absolute atomic E-state index is 0.0642. The molecule has 49 heavy (non-hydrogen) atoms. The van der Waals surface area contributed by atoms with Crippen LogP contribution in [0.25, 0.3) is 0 Å². The van der Waals surface area contributed by atoms with Gasteiger partial charge < -0.3 is 35.2 Å². The zero-order valence-electron chi connectivity index (χ0n) is 30.9. The van der Waals surface area contributed by atoms with Crippen LogP contribution < -0.4 is 30.3 Å². The molecular formula is C39H63N5O5. The second kappa shape index (κ2) is 25.2. The number of likely N-dealkylation sites (N-methyl/N-ethyl adjacent to an activating group) is 1. The van der Waals surface area contributed by atoms with Gasteiger partial charge >= 0.3 is 0 Å². The lowest BCUT2D eigenvalue weighted by Crippen LogP contribution is -2.53. The number of anilines is 2. The van der Waals surface area contributed by atoms with Crippen molar-refractivity contribution in [2.75, 3.05) is 57.7 Å². The van der Waals surface area contributed by atoms with Gasteiger partial charge in [-0.25, -0.2) is 0 Å². The van der Waals surface area contributed by atoms with Crippen molar-refractivity contribution < 1.29 is 23.9 Å². The number of hydrogen-bond acceptors (Lipinski definition) is 7. The minimum Gasteiger partial charge on any atom is -0.497 e. The molecule has 0 saturated heterocycles. The number of nitrogens with zero attached hydrogens (tertiary/aromatic N) is 2. The second-order valence-electron chi connectivity index (χ2n) is 12.8. The first kappa shape index (κ1) is 41.4. The lowest BCUT2D eigenvalue weighted by molar-refractivity contribution is -0.127. The Bertz CT molecular complexity index is 1190. The lowest BCUT2D eigenvalue weighted by atomic mass is 10.1. The van der Waals surface area contributed by atoms with Crippen molar-refractivity contribution in [3.05, 3.63) is 48.5 Å². The highest BCUT2D eigenvalue weighted by molar-refractivity contribution is 6.00. The summed E-state index contributed by atoms with van der Waals surface area (Å²) < 4.78 is 11.1. The summed E-state index contributed by atoms with van der Waals surface area (Å²) >= 11 is 0. The number of amides is 3. The Morgan fingerprint density at radius 2 is 1.31 bits per heavy atom. The molecule has 1 atom stereocenters. The van der Waals surface area contributed by atoms with Gasteiger partial charge in [0.05, 0.1) is 13.7 Å². The molecule has 10 nitrogen and oxygen atoms in total. The van der Waals surface area contributed by atoms with Gasteiger partial charge in [-0.3, -0.25) is 14.4 Å². The molecule has 2 aromatic rings. The van der Waals surface area contributed by atoms with E-state index in [1.54, 1.807) is 24.1 Å². The van der Waals surface area contributed by atoms with Gasteiger partial charge in [-0.1, -0.05) is 64.7 Å². The van der Waals surface area contributed by atoms with Crippen LogP contribution in [0.4, 0.5) is 11.4 Å². The van der Waals surface area contributed by atoms with E-state index in [2.05, 4.69) is 22.9 Å². The number of hydrogen-bond donors (Lipinski definition) is 3. The fourth-order valence-electron chi connectivity index (χ4n) is 5.50. The molecule has 0 bridgehead atoms. The van der Waals surface area contributed by atoms with Crippen molar-refractivity contribution in [2.24, 2.45) is 0 Å². The minimum atomic E-state index is -0.973. The molecule has 3 amide bonds. The monoisotopic (exact) mass is 681 g/mol. The van der Waals surface area contributed by atoms with Crippen LogP contribution in [-0.4, -0.2) is 76.2 Å². The van der Waals surface area contributed by atoms with Gasteiger partial charge in [-0.15, -0.1) is 0 Å². The van der Waals surface area contributed by atoms with Crippen LogP contribution in [0.2, 0.25) is 0 Å². The summed E-state index contributed by atoms with van der Waals surface area (Å²) in [5, 5.41) is 9.13. The van der Waals surface area contributed by atoms with Gasteiger partial charge in [0.2, 0.25) is 11.8 Å². The van der Waals surface area contributed by atoms with Crippen LogP contribution in [0.15, 0.2) is 48.5 Å². The average molecular weight is 682 g/mol. The standard InChI is InChI=1S/C39H63N5O5/c1-6-8-9-10-11-12-13-14-15-16-29-40-36(45)20-18-31-49-35-25-21-32(22-26-35)41-38(42-37(46)19-17-30-43(3)4)39(47)44(7-2)33-23-27-34(48-5)28-24-33/h21-28,38,41H,6-20,29-31H2,1-5H3,(H,40,45)(H,42,46). The Morgan fingerprint density at radius 1 is 0.714 bits per heavy atom. The van der Waals surface area contributed by atoms with Crippen molar-refractivity contribution in [1.82, 2.24) is 15.5 Å². The third-order valence-corrected chi connectivity index (χ3v) is 8.36. The molecule has 1 unspecified atom stereocenters. The van der Waals surface area contributed by atoms with Gasteiger partial charge in [0.25, 0.3) is 5.91 Å². The summed E-state index contributed by atoms with van der Waals surface area (Å²) in [6.45, 7) is 6.51. The van der Waals surface area contributed by atoms with Crippen LogP contribution in [-0.2, 0) is 14.4 Å². The van der Waals surface area contributed by atoms with E-state index in [0.717, 1.165) is 19.5 Å². The topological polar surface area (TPSA) is 112 Å². The van der Waals surface area contributed by atoms with Crippen LogP contribution >= 0.6 is 0 Å². The van der Waals surface area contributed by atoms with E-state index in [-0.39, 0.29) is 17.7 Å². The summed E-state index contributed by atoms with van der Waals surface area (Å²) in [4.78, 5) is 42.5. The SMILES string of the molecule is CCCCCCCCCCCCNC(=O)CCCOc1ccc(NC(NC(=O)CCCN(C)C)C(=O)N(CC)c2ccc(OC)cc2)cc1. The first-order valence-electron chi connectivity index (χ1n) is 18.4. The lowest BCUT2D eigenvalue weighted by Gasteiger charge is -2.28. The van der Waals surface area contributed by atoms with E-state index in [1.165, 1.54) is 57.8 Å². The zero-order valence-corrected chi connectivity index (χ0v) is 30.9. The zero-order chi connectivity index (χ0) is 35.7. The molecule has 10 heteroatoms. The molecule has 2 aromatic carbocycles. The summed E-state index contributed by atoms with van der Waals surface area (Å²) in [6.07, 6.45) is 13.9. The van der Waals surface area contributed by atoms with Gasteiger partial charge in [0, 0.05) is 37.3 Å². The number of ether oxygens (including phenoxy) is 2. The normalized spacial score (nSPS) is 11.6. The van der Waals surface area contributed by atoms with Crippen molar-refractivity contribution >= 4 is 29.1 Å². The highest BCUT2D eigenvalue weighted by Gasteiger charge is 2.26. The second-order valence-corrected chi connectivity index (χ2v) is 12.8. The summed E-state index contributed by atoms with van der Waals surface area (Å²) in [5.74, 6) is 0.947. The largest absolute Gasteiger partial charge is 0.497 e. The number of carbonyl (C=O) groups excluding carboxylic acids is 3. The molecular weight excluding hydrogens is 618 g/mol. The van der Waals surface area contributed by atoms with Crippen LogP contribution in [0.1, 0.15) is 104 Å². The van der Waals surface area contributed by atoms with E-state index in [4.69, 9.17) is 9.47 Å². The van der Waals surface area contributed by atoms with Crippen LogP contribution in [0, 0.1) is 0 Å². The smallest absolute Gasteiger partial charge is 0.270 e. The maximum absolute atomic E-state index is 13.8. The molecule has 0 aromatic heterocycles.